The third-order valence-corrected chi connectivity index (χ3v) is 5.15. The molecule has 2 aliphatic rings. The molecule has 4 rings (SSSR count). The van der Waals surface area contributed by atoms with Gasteiger partial charge >= 0.3 is 12.1 Å². The molecule has 32 heavy (non-hydrogen) atoms. The molecule has 2 N–H and O–H groups in total. The number of carboxylic acids is 1. The number of fused-ring (bicyclic) bond motifs is 1. The molecule has 0 bridgehead atoms. The molecule has 12 heteroatoms. The maximum absolute atomic E-state index is 12.4. The first-order chi connectivity index (χ1) is 15.1. The predicted molar refractivity (Wildman–Crippen MR) is 103 cm³/mol. The molecule has 2 fully saturated rings. The van der Waals surface area contributed by atoms with Crippen LogP contribution in [0.4, 0.5) is 13.2 Å². The van der Waals surface area contributed by atoms with E-state index in [1.807, 2.05) is 19.1 Å². The number of rotatable bonds is 5. The molecule has 9 nitrogen and oxygen atoms in total. The van der Waals surface area contributed by atoms with Gasteiger partial charge in [0, 0.05) is 25.2 Å². The van der Waals surface area contributed by atoms with E-state index in [0.717, 1.165) is 43.1 Å². The number of amides is 1. The number of ether oxygens (including phenoxy) is 1. The van der Waals surface area contributed by atoms with Crippen LogP contribution in [0.2, 0.25) is 0 Å². The monoisotopic (exact) mass is 456 g/mol. The lowest BCUT2D eigenvalue weighted by molar-refractivity contribution is -0.192. The molecule has 0 aliphatic carbocycles. The molecular formula is C20H23F3N4O5. The standard InChI is InChI=1S/C18H22N4O3.C2HF3O2/c1-12-8-20-13(9-19-12)10-21-18(23)17-7-15-16(25-17)4-5-22(15)11-14-3-2-6-24-14;3-2(4,5)1(6)7/h2-3,6,8-9,15-17H,4-5,7,10-11H2,1H3,(H,21,23);(H,6,7)/t15-,16-,17-;/m0./s1. The number of carbonyl (C=O) groups is 2. The molecule has 2 saturated heterocycles. The first-order valence-electron chi connectivity index (χ1n) is 9.90. The van der Waals surface area contributed by atoms with Crippen LogP contribution in [-0.4, -0.2) is 62.8 Å². The van der Waals surface area contributed by atoms with Crippen molar-refractivity contribution in [3.63, 3.8) is 0 Å². The molecule has 0 radical (unpaired) electrons. The van der Waals surface area contributed by atoms with Gasteiger partial charge in [-0.05, 0) is 25.5 Å². The number of carbonyl (C=O) groups excluding carboxylic acids is 1. The molecule has 0 spiro atoms. The fourth-order valence-corrected chi connectivity index (χ4v) is 3.60. The van der Waals surface area contributed by atoms with Crippen molar-refractivity contribution in [3.8, 4) is 0 Å². The average molecular weight is 456 g/mol. The summed E-state index contributed by atoms with van der Waals surface area (Å²) in [5.41, 5.74) is 1.61. The Morgan fingerprint density at radius 1 is 1.31 bits per heavy atom. The van der Waals surface area contributed by atoms with Crippen molar-refractivity contribution in [1.29, 1.82) is 0 Å². The Balaban J connectivity index is 0.000000360. The zero-order chi connectivity index (χ0) is 23.3. The number of nitrogens with one attached hydrogen (secondary N) is 1. The van der Waals surface area contributed by atoms with Crippen LogP contribution in [0.25, 0.3) is 0 Å². The number of likely N-dealkylation sites (tertiary alicyclic amines) is 1. The quantitative estimate of drug-likeness (QED) is 0.702. The molecule has 1 amide bonds. The van der Waals surface area contributed by atoms with Gasteiger partial charge in [0.15, 0.2) is 0 Å². The minimum absolute atomic E-state index is 0.0743. The summed E-state index contributed by atoms with van der Waals surface area (Å²) in [6, 6.07) is 4.16. The molecule has 4 heterocycles. The van der Waals surface area contributed by atoms with Crippen molar-refractivity contribution in [2.75, 3.05) is 6.54 Å². The van der Waals surface area contributed by atoms with Crippen LogP contribution < -0.4 is 5.32 Å². The molecule has 0 saturated carbocycles. The highest BCUT2D eigenvalue weighted by atomic mass is 19.4. The van der Waals surface area contributed by atoms with Crippen molar-refractivity contribution in [1.82, 2.24) is 20.2 Å². The summed E-state index contributed by atoms with van der Waals surface area (Å²) in [4.78, 5) is 32.1. The lowest BCUT2D eigenvalue weighted by Crippen LogP contribution is -2.36. The fourth-order valence-electron chi connectivity index (χ4n) is 3.60. The first-order valence-corrected chi connectivity index (χ1v) is 9.90. The van der Waals surface area contributed by atoms with Gasteiger partial charge in [0.05, 0.1) is 43.0 Å². The van der Waals surface area contributed by atoms with Crippen LogP contribution in [0.1, 0.15) is 30.0 Å². The highest BCUT2D eigenvalue weighted by molar-refractivity contribution is 5.81. The number of carboxylic acid groups (broad SMARTS) is 1. The zero-order valence-corrected chi connectivity index (χ0v) is 17.2. The van der Waals surface area contributed by atoms with E-state index < -0.39 is 18.2 Å². The Morgan fingerprint density at radius 3 is 2.66 bits per heavy atom. The Morgan fingerprint density at radius 2 is 2.06 bits per heavy atom. The second-order valence-electron chi connectivity index (χ2n) is 7.47. The van der Waals surface area contributed by atoms with E-state index in [2.05, 4.69) is 20.2 Å². The number of alkyl halides is 3. The average Bonchev–Trinajstić information content (AvgIpc) is 3.46. The van der Waals surface area contributed by atoms with Crippen molar-refractivity contribution >= 4 is 11.9 Å². The Bertz CT molecular complexity index is 905. The number of hydrogen-bond acceptors (Lipinski definition) is 7. The molecule has 3 atom stereocenters. The van der Waals surface area contributed by atoms with Gasteiger partial charge in [-0.1, -0.05) is 0 Å². The number of nitrogens with zero attached hydrogens (tertiary/aromatic N) is 3. The highest BCUT2D eigenvalue weighted by Gasteiger charge is 2.45. The predicted octanol–water partition coefficient (Wildman–Crippen LogP) is 2.06. The molecule has 2 aromatic rings. The fraction of sp³-hybridized carbons (Fsp3) is 0.500. The maximum Gasteiger partial charge on any atom is 0.490 e. The summed E-state index contributed by atoms with van der Waals surface area (Å²) in [5.74, 6) is -1.88. The summed E-state index contributed by atoms with van der Waals surface area (Å²) in [7, 11) is 0. The molecule has 0 aromatic carbocycles. The molecule has 2 aliphatic heterocycles. The van der Waals surface area contributed by atoms with Gasteiger partial charge in [0.1, 0.15) is 11.9 Å². The van der Waals surface area contributed by atoms with Crippen LogP contribution in [0.5, 0.6) is 0 Å². The topological polar surface area (TPSA) is 118 Å². The first kappa shape index (κ1) is 23.7. The third kappa shape index (κ3) is 6.26. The smallest absolute Gasteiger partial charge is 0.475 e. The van der Waals surface area contributed by atoms with Crippen molar-refractivity contribution < 1.29 is 37.0 Å². The normalized spacial score (nSPS) is 22.7. The van der Waals surface area contributed by atoms with Crippen LogP contribution in [0.3, 0.4) is 0 Å². The number of hydrogen-bond donors (Lipinski definition) is 2. The van der Waals surface area contributed by atoms with E-state index in [9.17, 15) is 18.0 Å². The Labute approximate surface area is 181 Å². The van der Waals surface area contributed by atoms with Gasteiger partial charge < -0.3 is 19.6 Å². The van der Waals surface area contributed by atoms with Crippen LogP contribution in [0, 0.1) is 6.92 Å². The minimum Gasteiger partial charge on any atom is -0.475 e. The van der Waals surface area contributed by atoms with E-state index >= 15 is 0 Å². The summed E-state index contributed by atoms with van der Waals surface area (Å²) < 4.78 is 43.2. The highest BCUT2D eigenvalue weighted by Crippen LogP contribution is 2.34. The SMILES string of the molecule is Cc1cnc(CNC(=O)[C@@H]2C[C@H]3[C@H](CCN3Cc3ccco3)O2)cn1.O=C(O)C(F)(F)F. The number of halogens is 3. The van der Waals surface area contributed by atoms with Gasteiger partial charge in [-0.2, -0.15) is 13.2 Å². The lowest BCUT2D eigenvalue weighted by Gasteiger charge is -2.21. The third-order valence-electron chi connectivity index (χ3n) is 5.15. The molecule has 174 valence electrons. The van der Waals surface area contributed by atoms with Gasteiger partial charge in [0.25, 0.3) is 0 Å². The number of aliphatic carboxylic acids is 1. The lowest BCUT2D eigenvalue weighted by atomic mass is 10.1. The number of aromatic nitrogens is 2. The van der Waals surface area contributed by atoms with Crippen LogP contribution >= 0.6 is 0 Å². The van der Waals surface area contributed by atoms with Gasteiger partial charge in [-0.15, -0.1) is 0 Å². The number of aryl methyl sites for hydroxylation is 1. The summed E-state index contributed by atoms with van der Waals surface area (Å²) in [5, 5.41) is 10.0. The van der Waals surface area contributed by atoms with Crippen molar-refractivity contribution in [2.45, 2.75) is 57.3 Å². The second kappa shape index (κ2) is 10.1. The van der Waals surface area contributed by atoms with Crippen LogP contribution in [-0.2, 0) is 27.4 Å². The van der Waals surface area contributed by atoms with E-state index in [1.54, 1.807) is 18.7 Å². The Hall–Kier alpha value is -2.99. The Kier molecular flexibility index (Phi) is 7.46. The van der Waals surface area contributed by atoms with Crippen LogP contribution in [0.15, 0.2) is 35.2 Å². The minimum atomic E-state index is -5.08. The van der Waals surface area contributed by atoms with Crippen molar-refractivity contribution in [3.05, 3.63) is 47.9 Å². The van der Waals surface area contributed by atoms with Gasteiger partial charge in [0.2, 0.25) is 5.91 Å². The van der Waals surface area contributed by atoms with Crippen molar-refractivity contribution in [2.24, 2.45) is 0 Å². The van der Waals surface area contributed by atoms with E-state index in [1.165, 1.54) is 0 Å². The maximum atomic E-state index is 12.4. The van der Waals surface area contributed by atoms with Gasteiger partial charge in [-0.3, -0.25) is 19.7 Å². The summed E-state index contributed by atoms with van der Waals surface area (Å²) in [6.07, 6.45) is 1.40. The van der Waals surface area contributed by atoms with E-state index in [0.29, 0.717) is 6.54 Å². The zero-order valence-electron chi connectivity index (χ0n) is 17.2. The number of furan rings is 1. The molecular weight excluding hydrogens is 433 g/mol. The van der Waals surface area contributed by atoms with E-state index in [-0.39, 0.29) is 18.1 Å². The van der Waals surface area contributed by atoms with E-state index in [4.69, 9.17) is 19.1 Å². The molecule has 0 unspecified atom stereocenters. The summed E-state index contributed by atoms with van der Waals surface area (Å²) >= 11 is 0. The largest absolute Gasteiger partial charge is 0.490 e. The van der Waals surface area contributed by atoms with Gasteiger partial charge in [-0.25, -0.2) is 4.79 Å². The second-order valence-corrected chi connectivity index (χ2v) is 7.47. The summed E-state index contributed by atoms with van der Waals surface area (Å²) in [6.45, 7) is 4.00. The molecule has 2 aromatic heterocycles.